The first-order valence-corrected chi connectivity index (χ1v) is 9.67. The second kappa shape index (κ2) is 9.05. The summed E-state index contributed by atoms with van der Waals surface area (Å²) in [7, 11) is 2.89. The fourth-order valence-electron chi connectivity index (χ4n) is 3.36. The van der Waals surface area contributed by atoms with E-state index in [2.05, 4.69) is 5.32 Å². The number of anilines is 1. The van der Waals surface area contributed by atoms with Crippen LogP contribution in [0.25, 0.3) is 0 Å². The minimum absolute atomic E-state index is 0.0404. The molecule has 10 heteroatoms. The van der Waals surface area contributed by atoms with Crippen LogP contribution in [0.2, 0.25) is 5.02 Å². The first-order valence-electron chi connectivity index (χ1n) is 9.29. The maximum Gasteiger partial charge on any atom is 0.416 e. The zero-order chi connectivity index (χ0) is 22.8. The zero-order valence-corrected chi connectivity index (χ0v) is 17.5. The van der Waals surface area contributed by atoms with Crippen molar-refractivity contribution >= 4 is 29.1 Å². The molecule has 166 valence electrons. The number of hydrogen-bond acceptors (Lipinski definition) is 4. The van der Waals surface area contributed by atoms with Gasteiger partial charge in [-0.15, -0.1) is 0 Å². The number of amides is 2. The number of rotatable bonds is 6. The number of halogens is 4. The van der Waals surface area contributed by atoms with Crippen LogP contribution in [0.4, 0.5) is 18.9 Å². The van der Waals surface area contributed by atoms with Gasteiger partial charge in [-0.2, -0.15) is 13.2 Å². The molecule has 2 aromatic carbocycles. The van der Waals surface area contributed by atoms with Crippen LogP contribution in [0.1, 0.15) is 17.5 Å². The minimum Gasteiger partial charge on any atom is -0.495 e. The lowest BCUT2D eigenvalue weighted by molar-refractivity contribution is -0.137. The molecule has 1 unspecified atom stereocenters. The second-order valence-electron chi connectivity index (χ2n) is 6.98. The van der Waals surface area contributed by atoms with E-state index in [-0.39, 0.29) is 30.4 Å². The molecular weight excluding hydrogens is 437 g/mol. The van der Waals surface area contributed by atoms with Crippen molar-refractivity contribution in [2.75, 3.05) is 25.7 Å². The summed E-state index contributed by atoms with van der Waals surface area (Å²) in [4.78, 5) is 26.5. The summed E-state index contributed by atoms with van der Waals surface area (Å²) in [5.41, 5.74) is -0.0654. The SMILES string of the molecule is COc1cc(OC)c(N2CC(C(=O)NCc3cccc(C(F)(F)F)c3)CC2=O)cc1Cl. The summed E-state index contributed by atoms with van der Waals surface area (Å²) in [6.07, 6.45) is -4.50. The molecule has 3 rings (SSSR count). The van der Waals surface area contributed by atoms with Crippen molar-refractivity contribution in [2.45, 2.75) is 19.1 Å². The molecule has 2 aromatic rings. The molecule has 1 saturated heterocycles. The Balaban J connectivity index is 1.69. The van der Waals surface area contributed by atoms with Gasteiger partial charge in [-0.25, -0.2) is 0 Å². The molecule has 1 heterocycles. The Morgan fingerprint density at radius 3 is 2.55 bits per heavy atom. The zero-order valence-electron chi connectivity index (χ0n) is 16.8. The van der Waals surface area contributed by atoms with E-state index in [0.29, 0.717) is 22.7 Å². The van der Waals surface area contributed by atoms with Crippen molar-refractivity contribution in [3.8, 4) is 11.5 Å². The van der Waals surface area contributed by atoms with Crippen LogP contribution in [0.3, 0.4) is 0 Å². The Morgan fingerprint density at radius 2 is 1.90 bits per heavy atom. The number of ether oxygens (including phenoxy) is 2. The van der Waals surface area contributed by atoms with Crippen molar-refractivity contribution in [3.05, 3.63) is 52.5 Å². The number of carbonyl (C=O) groups excluding carboxylic acids is 2. The quantitative estimate of drug-likeness (QED) is 0.712. The third-order valence-electron chi connectivity index (χ3n) is 4.96. The normalized spacial score (nSPS) is 16.4. The van der Waals surface area contributed by atoms with Crippen LogP contribution in [-0.4, -0.2) is 32.6 Å². The van der Waals surface area contributed by atoms with E-state index >= 15 is 0 Å². The van der Waals surface area contributed by atoms with Gasteiger partial charge in [-0.3, -0.25) is 9.59 Å². The lowest BCUT2D eigenvalue weighted by atomic mass is 10.1. The Hall–Kier alpha value is -2.94. The molecule has 1 fully saturated rings. The number of carbonyl (C=O) groups is 2. The molecule has 0 bridgehead atoms. The fourth-order valence-corrected chi connectivity index (χ4v) is 3.60. The van der Waals surface area contributed by atoms with E-state index in [1.54, 1.807) is 6.07 Å². The molecule has 0 aromatic heterocycles. The van der Waals surface area contributed by atoms with Crippen LogP contribution in [0.15, 0.2) is 36.4 Å². The monoisotopic (exact) mass is 456 g/mol. The highest BCUT2D eigenvalue weighted by Gasteiger charge is 2.37. The fraction of sp³-hybridized carbons (Fsp3) is 0.333. The highest BCUT2D eigenvalue weighted by atomic mass is 35.5. The molecule has 2 amide bonds. The predicted octanol–water partition coefficient (Wildman–Crippen LogP) is 4.05. The average Bonchev–Trinajstić information content (AvgIpc) is 3.13. The molecule has 1 N–H and O–H groups in total. The van der Waals surface area contributed by atoms with Gasteiger partial charge in [0.2, 0.25) is 11.8 Å². The van der Waals surface area contributed by atoms with Crippen molar-refractivity contribution in [1.82, 2.24) is 5.32 Å². The molecule has 0 saturated carbocycles. The van der Waals surface area contributed by atoms with Gasteiger partial charge < -0.3 is 19.7 Å². The van der Waals surface area contributed by atoms with Crippen LogP contribution < -0.4 is 19.7 Å². The van der Waals surface area contributed by atoms with Gasteiger partial charge in [0, 0.05) is 25.6 Å². The Kier molecular flexibility index (Phi) is 6.64. The van der Waals surface area contributed by atoms with Gasteiger partial charge >= 0.3 is 6.18 Å². The van der Waals surface area contributed by atoms with Crippen molar-refractivity contribution in [3.63, 3.8) is 0 Å². The smallest absolute Gasteiger partial charge is 0.416 e. The molecule has 0 radical (unpaired) electrons. The van der Waals surface area contributed by atoms with Crippen LogP contribution in [0.5, 0.6) is 11.5 Å². The van der Waals surface area contributed by atoms with Gasteiger partial charge in [0.25, 0.3) is 0 Å². The number of benzene rings is 2. The average molecular weight is 457 g/mol. The number of alkyl halides is 3. The summed E-state index contributed by atoms with van der Waals surface area (Å²) in [5, 5.41) is 2.89. The van der Waals surface area contributed by atoms with Crippen LogP contribution in [0, 0.1) is 5.92 Å². The Labute approximate surface area is 181 Å². The van der Waals surface area contributed by atoms with Gasteiger partial charge in [0.15, 0.2) is 0 Å². The summed E-state index contributed by atoms with van der Waals surface area (Å²) in [5.74, 6) is -0.640. The van der Waals surface area contributed by atoms with E-state index in [9.17, 15) is 22.8 Å². The summed E-state index contributed by atoms with van der Waals surface area (Å²) >= 11 is 6.17. The van der Waals surface area contributed by atoms with E-state index in [1.165, 1.54) is 37.3 Å². The van der Waals surface area contributed by atoms with Gasteiger partial charge in [0.1, 0.15) is 11.5 Å². The van der Waals surface area contributed by atoms with Gasteiger partial charge in [0.05, 0.1) is 36.4 Å². The first-order chi connectivity index (χ1) is 14.6. The number of nitrogens with zero attached hydrogens (tertiary/aromatic N) is 1. The Morgan fingerprint density at radius 1 is 1.19 bits per heavy atom. The van der Waals surface area contributed by atoms with Gasteiger partial charge in [-0.1, -0.05) is 23.7 Å². The lowest BCUT2D eigenvalue weighted by Gasteiger charge is -2.21. The maximum absolute atomic E-state index is 12.8. The summed E-state index contributed by atoms with van der Waals surface area (Å²) < 4.78 is 49.0. The highest BCUT2D eigenvalue weighted by molar-refractivity contribution is 6.32. The number of nitrogens with one attached hydrogen (secondary N) is 1. The van der Waals surface area contributed by atoms with Crippen LogP contribution >= 0.6 is 11.6 Å². The van der Waals surface area contributed by atoms with Crippen LogP contribution in [-0.2, 0) is 22.3 Å². The standard InChI is InChI=1S/C21H20ClF3N2O4/c1-30-17-9-18(31-2)16(8-15(17)22)27-11-13(7-19(27)28)20(29)26-10-12-4-3-5-14(6-12)21(23,24)25/h3-6,8-9,13H,7,10-11H2,1-2H3,(H,26,29). The predicted molar refractivity (Wildman–Crippen MR) is 108 cm³/mol. The molecular formula is C21H20ClF3N2O4. The molecule has 1 aliphatic heterocycles. The highest BCUT2D eigenvalue weighted by Crippen LogP contribution is 2.40. The maximum atomic E-state index is 12.8. The Bertz CT molecular complexity index is 997. The second-order valence-corrected chi connectivity index (χ2v) is 7.39. The lowest BCUT2D eigenvalue weighted by Crippen LogP contribution is -2.32. The number of hydrogen-bond donors (Lipinski definition) is 1. The van der Waals surface area contributed by atoms with E-state index in [4.69, 9.17) is 21.1 Å². The number of methoxy groups -OCH3 is 2. The third-order valence-corrected chi connectivity index (χ3v) is 5.26. The van der Waals surface area contributed by atoms with Crippen molar-refractivity contribution in [2.24, 2.45) is 5.92 Å². The van der Waals surface area contributed by atoms with E-state index in [1.807, 2.05) is 0 Å². The first kappa shape index (κ1) is 22.7. The molecule has 1 aliphatic rings. The topological polar surface area (TPSA) is 67.9 Å². The van der Waals surface area contributed by atoms with E-state index < -0.39 is 23.6 Å². The molecule has 31 heavy (non-hydrogen) atoms. The third kappa shape index (κ3) is 5.04. The molecule has 1 atom stereocenters. The molecule has 0 aliphatic carbocycles. The largest absolute Gasteiger partial charge is 0.495 e. The molecule has 6 nitrogen and oxygen atoms in total. The summed E-state index contributed by atoms with van der Waals surface area (Å²) in [6.45, 7) is 0.0113. The van der Waals surface area contributed by atoms with Crippen molar-refractivity contribution < 1.29 is 32.2 Å². The minimum atomic E-state index is -4.46. The van der Waals surface area contributed by atoms with Gasteiger partial charge in [-0.05, 0) is 23.8 Å². The van der Waals surface area contributed by atoms with E-state index in [0.717, 1.165) is 12.1 Å². The van der Waals surface area contributed by atoms with Crippen molar-refractivity contribution in [1.29, 1.82) is 0 Å². The summed E-state index contributed by atoms with van der Waals surface area (Å²) in [6, 6.07) is 7.80. The molecule has 0 spiro atoms.